The summed E-state index contributed by atoms with van der Waals surface area (Å²) >= 11 is 0. The van der Waals surface area contributed by atoms with Gasteiger partial charge in [-0.1, -0.05) is 170 Å². The van der Waals surface area contributed by atoms with Crippen molar-refractivity contribution >= 4 is 10.8 Å². The number of nitrogens with zero attached hydrogens (tertiary/aromatic N) is 3. The van der Waals surface area contributed by atoms with Gasteiger partial charge in [0.05, 0.1) is 5.41 Å². The van der Waals surface area contributed by atoms with Crippen LogP contribution in [0.5, 0.6) is 0 Å². The van der Waals surface area contributed by atoms with Crippen molar-refractivity contribution in [3.63, 3.8) is 0 Å². The largest absolute Gasteiger partial charge is 0.208 e. The summed E-state index contributed by atoms with van der Waals surface area (Å²) < 4.78 is 0. The summed E-state index contributed by atoms with van der Waals surface area (Å²) in [6, 6.07) is 63.5. The summed E-state index contributed by atoms with van der Waals surface area (Å²) in [5, 5.41) is 2.52. The molecule has 3 aliphatic carbocycles. The second-order valence-electron chi connectivity index (χ2n) is 14.2. The maximum atomic E-state index is 5.44. The van der Waals surface area contributed by atoms with Crippen LogP contribution in [0.1, 0.15) is 22.3 Å². The van der Waals surface area contributed by atoms with Gasteiger partial charge in [0.25, 0.3) is 0 Å². The molecule has 0 amide bonds. The zero-order valence-electron chi connectivity index (χ0n) is 28.6. The van der Waals surface area contributed by atoms with Crippen molar-refractivity contribution in [1.82, 2.24) is 15.0 Å². The summed E-state index contributed by atoms with van der Waals surface area (Å²) in [5.41, 5.74) is 17.5. The predicted molar refractivity (Wildman–Crippen MR) is 214 cm³/mol. The SMILES string of the molecule is c1ccc(-c2nc(-c3ccccc3)nc(-c3c4c(cc5c3-c3ccccc3C53c5ccccc5-c5ccccc53)-c3cccc5cccc-4c35)n2)cc1. The van der Waals surface area contributed by atoms with Crippen LogP contribution in [0.25, 0.3) is 89.4 Å². The standard InChI is InChI=1S/C50H29N3/c1-3-15-31(16-4-1)47-51-48(32-17-5-2-6-18-32)53-49(52-47)46-44-37-25-14-20-30-19-13-24-35(43(30)37)38(44)29-42-45(46)36-23-9-12-28-41(36)50(42)39-26-10-7-21-33(39)34-22-8-11-27-40(34)50/h1-29H. The third kappa shape index (κ3) is 3.70. The molecule has 0 atom stereocenters. The summed E-state index contributed by atoms with van der Waals surface area (Å²) in [5.74, 6) is 2.00. The van der Waals surface area contributed by atoms with Gasteiger partial charge in [0.1, 0.15) is 0 Å². The molecular weight excluding hydrogens is 643 g/mol. The highest BCUT2D eigenvalue weighted by molar-refractivity contribution is 6.20. The Labute approximate surface area is 307 Å². The molecule has 0 fully saturated rings. The molecule has 1 aromatic heterocycles. The van der Waals surface area contributed by atoms with Crippen LogP contribution in [-0.4, -0.2) is 15.0 Å². The van der Waals surface area contributed by atoms with E-state index in [1.807, 2.05) is 36.4 Å². The maximum absolute atomic E-state index is 5.44. The Hall–Kier alpha value is -6.97. The van der Waals surface area contributed by atoms with Crippen molar-refractivity contribution in [2.45, 2.75) is 5.41 Å². The Morgan fingerprint density at radius 3 is 1.38 bits per heavy atom. The Bertz CT molecular complexity index is 2890. The predicted octanol–water partition coefficient (Wildman–Crippen LogP) is 12.0. The van der Waals surface area contributed by atoms with E-state index in [2.05, 4.69) is 140 Å². The van der Waals surface area contributed by atoms with Crippen LogP contribution in [0.3, 0.4) is 0 Å². The summed E-state index contributed by atoms with van der Waals surface area (Å²) in [6.07, 6.45) is 0. The highest BCUT2D eigenvalue weighted by atomic mass is 15.0. The molecule has 3 nitrogen and oxygen atoms in total. The average Bonchev–Trinajstić information content (AvgIpc) is 3.83. The normalized spacial score (nSPS) is 13.4. The van der Waals surface area contributed by atoms with Crippen LogP contribution >= 0.6 is 0 Å². The van der Waals surface area contributed by atoms with E-state index in [0.717, 1.165) is 16.7 Å². The number of hydrogen-bond donors (Lipinski definition) is 0. The third-order valence-electron chi connectivity index (χ3n) is 11.7. The third-order valence-corrected chi connectivity index (χ3v) is 11.7. The van der Waals surface area contributed by atoms with Crippen molar-refractivity contribution in [2.24, 2.45) is 0 Å². The smallest absolute Gasteiger partial charge is 0.165 e. The lowest BCUT2D eigenvalue weighted by atomic mass is 9.70. The van der Waals surface area contributed by atoms with E-state index < -0.39 is 5.41 Å². The van der Waals surface area contributed by atoms with Crippen molar-refractivity contribution in [3.05, 3.63) is 198 Å². The van der Waals surface area contributed by atoms with E-state index in [9.17, 15) is 0 Å². The van der Waals surface area contributed by atoms with E-state index >= 15 is 0 Å². The molecule has 12 rings (SSSR count). The van der Waals surface area contributed by atoms with Crippen molar-refractivity contribution in [2.75, 3.05) is 0 Å². The zero-order valence-corrected chi connectivity index (χ0v) is 28.6. The molecule has 0 aliphatic heterocycles. The van der Waals surface area contributed by atoms with Gasteiger partial charge < -0.3 is 0 Å². The van der Waals surface area contributed by atoms with Crippen molar-refractivity contribution in [3.8, 4) is 78.7 Å². The molecule has 1 spiro atoms. The molecule has 0 radical (unpaired) electrons. The number of benzene rings is 8. The molecule has 0 saturated carbocycles. The van der Waals surface area contributed by atoms with Crippen LogP contribution in [0, 0.1) is 0 Å². The highest BCUT2D eigenvalue weighted by Crippen LogP contribution is 2.66. The topological polar surface area (TPSA) is 38.7 Å². The fraction of sp³-hybridized carbons (Fsp3) is 0.0200. The number of rotatable bonds is 3. The van der Waals surface area contributed by atoms with E-state index in [4.69, 9.17) is 15.0 Å². The van der Waals surface area contributed by atoms with Gasteiger partial charge in [0.15, 0.2) is 17.5 Å². The monoisotopic (exact) mass is 671 g/mol. The second-order valence-corrected chi connectivity index (χ2v) is 14.2. The lowest BCUT2D eigenvalue weighted by Crippen LogP contribution is -2.26. The summed E-state index contributed by atoms with van der Waals surface area (Å²) in [4.78, 5) is 16.0. The quantitative estimate of drug-likeness (QED) is 0.188. The minimum Gasteiger partial charge on any atom is -0.208 e. The molecule has 0 unspecified atom stereocenters. The Morgan fingerprint density at radius 2 is 0.774 bits per heavy atom. The molecular formula is C50H29N3. The van der Waals surface area contributed by atoms with Gasteiger partial charge in [0, 0.05) is 22.3 Å². The first-order chi connectivity index (χ1) is 26.3. The van der Waals surface area contributed by atoms with Gasteiger partial charge in [0.2, 0.25) is 0 Å². The molecule has 0 N–H and O–H groups in total. The first kappa shape index (κ1) is 28.7. The van der Waals surface area contributed by atoms with E-state index in [1.54, 1.807) is 0 Å². The molecule has 3 heteroatoms. The zero-order chi connectivity index (χ0) is 34.7. The molecule has 0 bridgehead atoms. The van der Waals surface area contributed by atoms with Gasteiger partial charge in [-0.2, -0.15) is 0 Å². The summed E-state index contributed by atoms with van der Waals surface area (Å²) in [6.45, 7) is 0. The second kappa shape index (κ2) is 10.5. The van der Waals surface area contributed by atoms with Gasteiger partial charge in [-0.05, 0) is 78.0 Å². The summed E-state index contributed by atoms with van der Waals surface area (Å²) in [7, 11) is 0. The fourth-order valence-electron chi connectivity index (χ4n) is 9.66. The minimum atomic E-state index is -0.511. The van der Waals surface area contributed by atoms with Crippen LogP contribution < -0.4 is 0 Å². The number of fused-ring (bicyclic) bond motifs is 13. The Morgan fingerprint density at radius 1 is 0.302 bits per heavy atom. The van der Waals surface area contributed by atoms with E-state index in [0.29, 0.717) is 17.5 Å². The fourth-order valence-corrected chi connectivity index (χ4v) is 9.66. The lowest BCUT2D eigenvalue weighted by Gasteiger charge is -2.31. The highest BCUT2D eigenvalue weighted by Gasteiger charge is 2.53. The molecule has 244 valence electrons. The van der Waals surface area contributed by atoms with E-state index in [-0.39, 0.29) is 0 Å². The maximum Gasteiger partial charge on any atom is 0.165 e. The molecule has 0 saturated heterocycles. The molecule has 9 aromatic rings. The minimum absolute atomic E-state index is 0.511. The van der Waals surface area contributed by atoms with Gasteiger partial charge in [-0.3, -0.25) is 0 Å². The van der Waals surface area contributed by atoms with Crippen LogP contribution in [0.15, 0.2) is 176 Å². The average molecular weight is 672 g/mol. The van der Waals surface area contributed by atoms with Crippen LogP contribution in [0.4, 0.5) is 0 Å². The first-order valence-corrected chi connectivity index (χ1v) is 18.2. The van der Waals surface area contributed by atoms with Crippen LogP contribution in [0.2, 0.25) is 0 Å². The van der Waals surface area contributed by atoms with Gasteiger partial charge >= 0.3 is 0 Å². The van der Waals surface area contributed by atoms with Crippen molar-refractivity contribution in [1.29, 1.82) is 0 Å². The van der Waals surface area contributed by atoms with Gasteiger partial charge in [-0.15, -0.1) is 0 Å². The van der Waals surface area contributed by atoms with Crippen LogP contribution in [-0.2, 0) is 5.41 Å². The molecule has 1 heterocycles. The van der Waals surface area contributed by atoms with Crippen molar-refractivity contribution < 1.29 is 0 Å². The Kier molecular flexibility index (Phi) is 5.70. The first-order valence-electron chi connectivity index (χ1n) is 18.2. The molecule has 3 aliphatic rings. The molecule has 8 aromatic carbocycles. The Balaban J connectivity index is 1.29. The lowest BCUT2D eigenvalue weighted by molar-refractivity contribution is 0.794. The van der Waals surface area contributed by atoms with E-state index in [1.165, 1.54) is 77.5 Å². The number of aromatic nitrogens is 3. The van der Waals surface area contributed by atoms with Gasteiger partial charge in [-0.25, -0.2) is 15.0 Å². The number of hydrogen-bond acceptors (Lipinski definition) is 3. The molecule has 53 heavy (non-hydrogen) atoms.